The van der Waals surface area contributed by atoms with Crippen molar-refractivity contribution in [3.8, 4) is 10.6 Å². The fourth-order valence-electron chi connectivity index (χ4n) is 1.98. The lowest BCUT2D eigenvalue weighted by atomic mass is 10.1. The summed E-state index contributed by atoms with van der Waals surface area (Å²) in [6.07, 6.45) is -3.24. The smallest absolute Gasteiger partial charge is 0.416 e. The van der Waals surface area contributed by atoms with Gasteiger partial charge in [0.2, 0.25) is 0 Å². The van der Waals surface area contributed by atoms with Crippen molar-refractivity contribution in [2.24, 2.45) is 0 Å². The molecule has 0 aliphatic heterocycles. The second-order valence-corrected chi connectivity index (χ2v) is 5.41. The number of nitrogens with one attached hydrogen (secondary N) is 1. The van der Waals surface area contributed by atoms with Gasteiger partial charge in [-0.05, 0) is 29.7 Å². The first-order valence-electron chi connectivity index (χ1n) is 5.74. The Morgan fingerprint density at radius 1 is 1.29 bits per heavy atom. The van der Waals surface area contributed by atoms with Crippen LogP contribution in [0.1, 0.15) is 15.9 Å². The average molecular weight is 312 g/mol. The summed E-state index contributed by atoms with van der Waals surface area (Å²) < 4.78 is 38.7. The van der Waals surface area contributed by atoms with Crippen LogP contribution in [-0.4, -0.2) is 21.3 Å². The predicted molar refractivity (Wildman–Crippen MR) is 71.4 cm³/mol. The lowest BCUT2D eigenvalue weighted by molar-refractivity contribution is -0.137. The number of thiophene rings is 1. The van der Waals surface area contributed by atoms with Gasteiger partial charge in [-0.25, -0.2) is 4.79 Å². The molecule has 2 aromatic heterocycles. The molecule has 0 spiro atoms. The number of carbonyl (C=O) groups is 1. The number of nitrogens with zero attached hydrogens (tertiary/aromatic N) is 1. The number of fused-ring (bicyclic) bond motifs is 1. The second kappa shape index (κ2) is 4.59. The highest BCUT2D eigenvalue weighted by Crippen LogP contribution is 2.37. The van der Waals surface area contributed by atoms with Gasteiger partial charge in [-0.3, -0.25) is 5.10 Å². The highest BCUT2D eigenvalue weighted by Gasteiger charge is 2.30. The number of aromatic carboxylic acids is 1. The molecule has 0 aliphatic rings. The summed E-state index contributed by atoms with van der Waals surface area (Å²) in [6, 6.07) is 4.96. The van der Waals surface area contributed by atoms with Crippen molar-refractivity contribution in [2.45, 2.75) is 6.18 Å². The molecule has 0 fully saturated rings. The normalized spacial score (nSPS) is 12.0. The van der Waals surface area contributed by atoms with E-state index >= 15 is 0 Å². The minimum atomic E-state index is -4.41. The molecule has 2 heterocycles. The Bertz CT molecular complexity index is 835. The molecular formula is C13H7F3N2O2S. The van der Waals surface area contributed by atoms with Crippen molar-refractivity contribution in [1.82, 2.24) is 10.2 Å². The molecular weight excluding hydrogens is 305 g/mol. The molecule has 0 aliphatic carbocycles. The maximum absolute atomic E-state index is 12.7. The Morgan fingerprint density at radius 3 is 2.71 bits per heavy atom. The van der Waals surface area contributed by atoms with Gasteiger partial charge in [-0.15, -0.1) is 11.3 Å². The predicted octanol–water partition coefficient (Wildman–Crippen LogP) is 4.01. The van der Waals surface area contributed by atoms with Gasteiger partial charge in [-0.2, -0.15) is 18.3 Å². The Morgan fingerprint density at radius 2 is 2.05 bits per heavy atom. The molecule has 0 unspecified atom stereocenters. The average Bonchev–Trinajstić information content (AvgIpc) is 3.02. The van der Waals surface area contributed by atoms with Gasteiger partial charge in [-0.1, -0.05) is 0 Å². The lowest BCUT2D eigenvalue weighted by Gasteiger charge is -2.05. The highest BCUT2D eigenvalue weighted by molar-refractivity contribution is 7.22. The Labute approximate surface area is 119 Å². The van der Waals surface area contributed by atoms with E-state index in [-0.39, 0.29) is 11.3 Å². The molecule has 0 atom stereocenters. The van der Waals surface area contributed by atoms with Crippen molar-refractivity contribution < 1.29 is 23.1 Å². The quantitative estimate of drug-likeness (QED) is 0.751. The van der Waals surface area contributed by atoms with Gasteiger partial charge in [0.15, 0.2) is 0 Å². The van der Waals surface area contributed by atoms with Gasteiger partial charge >= 0.3 is 12.1 Å². The topological polar surface area (TPSA) is 66.0 Å². The summed E-state index contributed by atoms with van der Waals surface area (Å²) in [4.78, 5) is 11.6. The number of H-pyrrole nitrogens is 1. The van der Waals surface area contributed by atoms with E-state index < -0.39 is 17.7 Å². The molecule has 21 heavy (non-hydrogen) atoms. The zero-order chi connectivity index (χ0) is 15.2. The molecule has 0 bridgehead atoms. The van der Waals surface area contributed by atoms with Gasteiger partial charge in [0.05, 0.1) is 22.3 Å². The minimum Gasteiger partial charge on any atom is -0.478 e. The van der Waals surface area contributed by atoms with Crippen LogP contribution in [-0.2, 0) is 6.18 Å². The molecule has 4 nitrogen and oxygen atoms in total. The molecule has 3 rings (SSSR count). The third-order valence-electron chi connectivity index (χ3n) is 2.96. The van der Waals surface area contributed by atoms with Crippen molar-refractivity contribution >= 4 is 27.4 Å². The van der Waals surface area contributed by atoms with Crippen LogP contribution in [0.3, 0.4) is 0 Å². The van der Waals surface area contributed by atoms with Crippen LogP contribution in [0, 0.1) is 0 Å². The number of aromatic nitrogens is 2. The largest absolute Gasteiger partial charge is 0.478 e. The maximum atomic E-state index is 12.7. The van der Waals surface area contributed by atoms with Crippen molar-refractivity contribution in [2.75, 3.05) is 0 Å². The van der Waals surface area contributed by atoms with E-state index in [4.69, 9.17) is 5.11 Å². The highest BCUT2D eigenvalue weighted by atomic mass is 32.1. The number of alkyl halides is 3. The summed E-state index contributed by atoms with van der Waals surface area (Å²) in [5, 5.41) is 15.7. The Kier molecular flexibility index (Phi) is 2.98. The Hall–Kier alpha value is -2.35. The second-order valence-electron chi connectivity index (χ2n) is 4.32. The van der Waals surface area contributed by atoms with E-state index in [2.05, 4.69) is 10.2 Å². The van der Waals surface area contributed by atoms with E-state index in [1.165, 1.54) is 29.7 Å². The van der Waals surface area contributed by atoms with Crippen LogP contribution in [0.5, 0.6) is 0 Å². The number of aromatic amines is 1. The molecule has 0 radical (unpaired) electrons. The van der Waals surface area contributed by atoms with E-state index in [0.717, 1.165) is 12.1 Å². The van der Waals surface area contributed by atoms with E-state index in [1.54, 1.807) is 0 Å². The summed E-state index contributed by atoms with van der Waals surface area (Å²) in [7, 11) is 0. The van der Waals surface area contributed by atoms with Crippen molar-refractivity contribution in [1.29, 1.82) is 0 Å². The van der Waals surface area contributed by atoms with Crippen LogP contribution in [0.2, 0.25) is 0 Å². The number of hydrogen-bond acceptors (Lipinski definition) is 3. The molecule has 1 aromatic carbocycles. The molecule has 0 saturated carbocycles. The molecule has 2 N–H and O–H groups in total. The molecule has 0 amide bonds. The standard InChI is InChI=1S/C13H7F3N2O2S/c14-13(15,16)7-1-2-9-6(3-7)4-10(21-9)11-8(12(19)20)5-17-18-11/h1-5H,(H,17,18)(H,19,20). The third-order valence-corrected chi connectivity index (χ3v) is 4.09. The van der Waals surface area contributed by atoms with Crippen LogP contribution in [0.25, 0.3) is 20.7 Å². The van der Waals surface area contributed by atoms with Crippen LogP contribution in [0.15, 0.2) is 30.5 Å². The number of halogens is 3. The first-order valence-corrected chi connectivity index (χ1v) is 6.56. The molecule has 108 valence electrons. The first-order chi connectivity index (χ1) is 9.86. The van der Waals surface area contributed by atoms with Crippen molar-refractivity contribution in [3.05, 3.63) is 41.6 Å². The number of hydrogen-bond donors (Lipinski definition) is 2. The summed E-state index contributed by atoms with van der Waals surface area (Å²) in [5.41, 5.74) is -0.461. The maximum Gasteiger partial charge on any atom is 0.416 e. The number of benzene rings is 1. The molecule has 3 aromatic rings. The first kappa shape index (κ1) is 13.6. The number of carboxylic acids is 1. The van der Waals surface area contributed by atoms with E-state index in [0.29, 0.717) is 15.0 Å². The zero-order valence-corrected chi connectivity index (χ0v) is 11.0. The van der Waals surface area contributed by atoms with Gasteiger partial charge in [0, 0.05) is 4.70 Å². The fourth-order valence-corrected chi connectivity index (χ4v) is 3.03. The summed E-state index contributed by atoms with van der Waals surface area (Å²) >= 11 is 1.20. The number of carboxylic acid groups (broad SMARTS) is 1. The third kappa shape index (κ3) is 2.38. The lowest BCUT2D eigenvalue weighted by Crippen LogP contribution is -2.03. The van der Waals surface area contributed by atoms with Gasteiger partial charge in [0.1, 0.15) is 5.56 Å². The van der Waals surface area contributed by atoms with E-state index in [9.17, 15) is 18.0 Å². The number of rotatable bonds is 2. The Balaban J connectivity index is 2.13. The van der Waals surface area contributed by atoms with Crippen LogP contribution >= 0.6 is 11.3 Å². The minimum absolute atomic E-state index is 0.0161. The zero-order valence-electron chi connectivity index (χ0n) is 10.2. The van der Waals surface area contributed by atoms with Crippen LogP contribution in [0.4, 0.5) is 13.2 Å². The summed E-state index contributed by atoms with van der Waals surface area (Å²) in [5.74, 6) is -1.15. The van der Waals surface area contributed by atoms with Crippen LogP contribution < -0.4 is 0 Å². The van der Waals surface area contributed by atoms with Crippen molar-refractivity contribution in [3.63, 3.8) is 0 Å². The molecule has 0 saturated heterocycles. The molecule has 8 heteroatoms. The van der Waals surface area contributed by atoms with E-state index in [1.807, 2.05) is 0 Å². The fraction of sp³-hybridized carbons (Fsp3) is 0.0769. The van der Waals surface area contributed by atoms with Gasteiger partial charge < -0.3 is 5.11 Å². The SMILES string of the molecule is O=C(O)c1cn[nH]c1-c1cc2cc(C(F)(F)F)ccc2s1. The summed E-state index contributed by atoms with van der Waals surface area (Å²) in [6.45, 7) is 0. The monoisotopic (exact) mass is 312 g/mol. The van der Waals surface area contributed by atoms with Gasteiger partial charge in [0.25, 0.3) is 0 Å².